The maximum absolute atomic E-state index is 2.40. The zero-order valence-corrected chi connectivity index (χ0v) is 12.1. The molecule has 5 rings (SSSR count). The quantitative estimate of drug-likeness (QED) is 0.560. The maximum Gasteiger partial charge on any atom is 0.320 e. The lowest BCUT2D eigenvalue weighted by Crippen LogP contribution is -2.49. The summed E-state index contributed by atoms with van der Waals surface area (Å²) in [6, 6.07) is 21.7. The normalized spacial score (nSPS) is 14.7. The van der Waals surface area contributed by atoms with Gasteiger partial charge in [-0.15, -0.1) is 0 Å². The van der Waals surface area contributed by atoms with Crippen LogP contribution < -0.4 is 10.3 Å². The van der Waals surface area contributed by atoms with Crippen molar-refractivity contribution in [3.63, 3.8) is 0 Å². The summed E-state index contributed by atoms with van der Waals surface area (Å²) in [6.07, 6.45) is 6.71. The fourth-order valence-corrected chi connectivity index (χ4v) is 3.63. The summed E-state index contributed by atoms with van der Waals surface area (Å²) in [6.45, 7) is 0.291. The van der Waals surface area contributed by atoms with E-state index in [2.05, 4.69) is 89.8 Å². The molecule has 0 bridgehead atoms. The van der Waals surface area contributed by atoms with E-state index in [4.69, 9.17) is 0 Å². The van der Waals surface area contributed by atoms with E-state index in [1.165, 1.54) is 33.0 Å². The predicted octanol–water partition coefficient (Wildman–Crippen LogP) is 4.10. The molecular weight excluding hydrogens is 265 g/mol. The minimum Gasteiger partial charge on any atom is -0.382 e. The largest absolute Gasteiger partial charge is 0.382 e. The van der Waals surface area contributed by atoms with Crippen molar-refractivity contribution >= 4 is 40.9 Å². The van der Waals surface area contributed by atoms with E-state index in [0.717, 1.165) is 0 Å². The SMILES string of the molecule is C1=Cc2ccc3ccccc3c2N2C=Cc3ccccc3B12. The molecule has 3 aromatic carbocycles. The summed E-state index contributed by atoms with van der Waals surface area (Å²) in [5.41, 5.74) is 5.30. The number of rotatable bonds is 0. The second-order valence-electron chi connectivity index (χ2n) is 5.88. The second kappa shape index (κ2) is 4.38. The molecule has 0 unspecified atom stereocenters. The molecular formula is C20H14BN. The molecule has 2 heteroatoms. The van der Waals surface area contributed by atoms with Gasteiger partial charge in [0.1, 0.15) is 0 Å². The van der Waals surface area contributed by atoms with Gasteiger partial charge in [0.05, 0.1) is 0 Å². The van der Waals surface area contributed by atoms with Gasteiger partial charge in [0.2, 0.25) is 0 Å². The van der Waals surface area contributed by atoms with Crippen molar-refractivity contribution in [3.8, 4) is 0 Å². The Labute approximate surface area is 130 Å². The average Bonchev–Trinajstić information content (AvgIpc) is 2.60. The summed E-state index contributed by atoms with van der Waals surface area (Å²) in [5, 5.41) is 2.61. The van der Waals surface area contributed by atoms with Crippen molar-refractivity contribution in [2.45, 2.75) is 0 Å². The molecule has 0 aliphatic carbocycles. The van der Waals surface area contributed by atoms with Crippen LogP contribution in [-0.2, 0) is 0 Å². The van der Waals surface area contributed by atoms with E-state index in [9.17, 15) is 0 Å². The zero-order chi connectivity index (χ0) is 14.5. The highest BCUT2D eigenvalue weighted by molar-refractivity contribution is 6.83. The first-order chi connectivity index (χ1) is 10.9. The molecule has 0 atom stereocenters. The van der Waals surface area contributed by atoms with E-state index in [1.54, 1.807) is 0 Å². The first kappa shape index (κ1) is 11.9. The van der Waals surface area contributed by atoms with Gasteiger partial charge in [0, 0.05) is 11.1 Å². The lowest BCUT2D eigenvalue weighted by Gasteiger charge is -2.35. The van der Waals surface area contributed by atoms with Gasteiger partial charge in [-0.2, -0.15) is 0 Å². The molecule has 2 heterocycles. The first-order valence-electron chi connectivity index (χ1n) is 7.67. The highest BCUT2D eigenvalue weighted by Gasteiger charge is 2.31. The van der Waals surface area contributed by atoms with Crippen LogP contribution in [0.3, 0.4) is 0 Å². The molecule has 0 amide bonds. The Bertz CT molecular complexity index is 955. The number of nitrogens with zero attached hydrogens (tertiary/aromatic N) is 1. The molecule has 2 aliphatic heterocycles. The number of anilines is 1. The van der Waals surface area contributed by atoms with Crippen molar-refractivity contribution < 1.29 is 0 Å². The van der Waals surface area contributed by atoms with E-state index in [-0.39, 0.29) is 0 Å². The number of hydrogen-bond donors (Lipinski definition) is 0. The van der Waals surface area contributed by atoms with Gasteiger partial charge >= 0.3 is 6.85 Å². The molecule has 102 valence electrons. The van der Waals surface area contributed by atoms with Gasteiger partial charge in [-0.1, -0.05) is 72.7 Å². The summed E-state index contributed by atoms with van der Waals surface area (Å²) in [5.74, 6) is 2.31. The van der Waals surface area contributed by atoms with Gasteiger partial charge in [-0.3, -0.25) is 0 Å². The zero-order valence-electron chi connectivity index (χ0n) is 12.1. The molecule has 0 saturated heterocycles. The first-order valence-corrected chi connectivity index (χ1v) is 7.67. The Morgan fingerprint density at radius 1 is 0.727 bits per heavy atom. The highest BCUT2D eigenvalue weighted by Crippen LogP contribution is 2.36. The predicted molar refractivity (Wildman–Crippen MR) is 96.3 cm³/mol. The Balaban J connectivity index is 1.80. The van der Waals surface area contributed by atoms with Crippen LogP contribution in [0.4, 0.5) is 5.69 Å². The summed E-state index contributed by atoms with van der Waals surface area (Å²) in [4.78, 5) is 2.40. The van der Waals surface area contributed by atoms with Crippen LogP contribution in [0, 0.1) is 0 Å². The van der Waals surface area contributed by atoms with Crippen LogP contribution in [0.5, 0.6) is 0 Å². The van der Waals surface area contributed by atoms with Gasteiger partial charge in [0.15, 0.2) is 0 Å². The monoisotopic (exact) mass is 279 g/mol. The summed E-state index contributed by atoms with van der Waals surface area (Å²) >= 11 is 0. The Hall–Kier alpha value is -2.74. The number of fused-ring (bicyclic) bond motifs is 7. The topological polar surface area (TPSA) is 3.24 Å². The third-order valence-corrected chi connectivity index (χ3v) is 4.68. The van der Waals surface area contributed by atoms with E-state index >= 15 is 0 Å². The minimum atomic E-state index is 0.291. The third kappa shape index (κ3) is 1.55. The van der Waals surface area contributed by atoms with Crippen molar-refractivity contribution in [1.29, 1.82) is 0 Å². The van der Waals surface area contributed by atoms with E-state index in [0.29, 0.717) is 6.85 Å². The van der Waals surface area contributed by atoms with Crippen molar-refractivity contribution in [1.82, 2.24) is 0 Å². The number of benzene rings is 3. The molecule has 0 aromatic heterocycles. The summed E-state index contributed by atoms with van der Waals surface area (Å²) in [7, 11) is 0. The van der Waals surface area contributed by atoms with E-state index in [1.807, 2.05) is 0 Å². The van der Waals surface area contributed by atoms with Gasteiger partial charge in [-0.05, 0) is 34.3 Å². The van der Waals surface area contributed by atoms with Gasteiger partial charge in [-0.25, -0.2) is 0 Å². The minimum absolute atomic E-state index is 0.291. The van der Waals surface area contributed by atoms with Crippen LogP contribution in [-0.4, -0.2) is 6.85 Å². The fourth-order valence-electron chi connectivity index (χ4n) is 3.63. The van der Waals surface area contributed by atoms with Crippen LogP contribution in [0.15, 0.2) is 72.8 Å². The molecule has 22 heavy (non-hydrogen) atoms. The number of hydrogen-bond acceptors (Lipinski definition) is 1. The molecule has 0 fully saturated rings. The Morgan fingerprint density at radius 2 is 1.59 bits per heavy atom. The van der Waals surface area contributed by atoms with Crippen molar-refractivity contribution in [2.24, 2.45) is 0 Å². The van der Waals surface area contributed by atoms with E-state index < -0.39 is 0 Å². The lowest BCUT2D eigenvalue weighted by atomic mass is 9.50. The molecule has 3 aromatic rings. The second-order valence-corrected chi connectivity index (χ2v) is 5.88. The highest BCUT2D eigenvalue weighted by atomic mass is 15.1. The smallest absolute Gasteiger partial charge is 0.320 e. The Kier molecular flexibility index (Phi) is 2.36. The lowest BCUT2D eigenvalue weighted by molar-refractivity contribution is 1.38. The summed E-state index contributed by atoms with van der Waals surface area (Å²) < 4.78 is 0. The average molecular weight is 279 g/mol. The standard InChI is InChI=1S/C20H14BN/c1-3-7-18-15(5-1)9-10-17-11-13-21-19-8-4-2-6-16(19)12-14-22(21)20(17)18/h1-14H. The van der Waals surface area contributed by atoms with Crippen molar-refractivity contribution in [2.75, 3.05) is 4.81 Å². The van der Waals surface area contributed by atoms with Crippen LogP contribution in [0.1, 0.15) is 11.1 Å². The molecule has 0 spiro atoms. The Morgan fingerprint density at radius 3 is 2.59 bits per heavy atom. The fraction of sp³-hybridized carbons (Fsp3) is 0. The van der Waals surface area contributed by atoms with Crippen LogP contribution in [0.25, 0.3) is 22.9 Å². The van der Waals surface area contributed by atoms with Crippen LogP contribution >= 0.6 is 0 Å². The molecule has 0 radical (unpaired) electrons. The molecule has 2 aliphatic rings. The maximum atomic E-state index is 2.40. The van der Waals surface area contributed by atoms with Gasteiger partial charge < -0.3 is 4.81 Å². The molecule has 0 saturated carbocycles. The van der Waals surface area contributed by atoms with Gasteiger partial charge in [0.25, 0.3) is 0 Å². The van der Waals surface area contributed by atoms with Crippen LogP contribution in [0.2, 0.25) is 0 Å². The molecule has 1 nitrogen and oxygen atoms in total. The van der Waals surface area contributed by atoms with Crippen molar-refractivity contribution in [3.05, 3.63) is 84.0 Å². The third-order valence-electron chi connectivity index (χ3n) is 4.68. The molecule has 0 N–H and O–H groups in total.